The molecule has 0 atom stereocenters. The molecule has 0 N–H and O–H groups in total. The van der Waals surface area contributed by atoms with Gasteiger partial charge in [-0.3, -0.25) is 0 Å². The molecule has 4 heteroatoms. The Hall–Kier alpha value is -6.36. The molecule has 4 nitrogen and oxygen atoms in total. The highest BCUT2D eigenvalue weighted by molar-refractivity contribution is 6.22. The lowest BCUT2D eigenvalue weighted by molar-refractivity contribution is 1.11. The summed E-state index contributed by atoms with van der Waals surface area (Å²) in [5, 5.41) is 30.4. The quantitative estimate of drug-likeness (QED) is 0.202. The average molecular weight is 589 g/mol. The van der Waals surface area contributed by atoms with Gasteiger partial charge in [-0.05, 0) is 57.9 Å². The van der Waals surface area contributed by atoms with Crippen molar-refractivity contribution in [2.45, 2.75) is 13.8 Å². The molecule has 0 aliphatic heterocycles. The van der Waals surface area contributed by atoms with Crippen LogP contribution in [-0.2, 0) is 0 Å². The van der Waals surface area contributed by atoms with Gasteiger partial charge in [0.25, 0.3) is 0 Å². The number of nitriles is 2. The molecule has 0 aliphatic carbocycles. The van der Waals surface area contributed by atoms with Gasteiger partial charge < -0.3 is 9.13 Å². The summed E-state index contributed by atoms with van der Waals surface area (Å²) in [5.41, 5.74) is 6.35. The molecule has 9 aromatic rings. The van der Waals surface area contributed by atoms with E-state index in [0.29, 0.717) is 22.5 Å². The molecule has 2 heterocycles. The molecule has 9 rings (SSSR count). The van der Waals surface area contributed by atoms with Crippen LogP contribution < -0.4 is 0 Å². The van der Waals surface area contributed by atoms with Crippen molar-refractivity contribution in [2.24, 2.45) is 0 Å². The zero-order valence-electron chi connectivity index (χ0n) is 25.5. The fourth-order valence-electron chi connectivity index (χ4n) is 7.14. The first kappa shape index (κ1) is 27.2. The summed E-state index contributed by atoms with van der Waals surface area (Å²) in [4.78, 5) is 0. The van der Waals surface area contributed by atoms with Crippen LogP contribution >= 0.6 is 0 Å². The van der Waals surface area contributed by atoms with E-state index in [9.17, 15) is 10.5 Å². The molecule has 216 valence electrons. The molecule has 0 amide bonds. The lowest BCUT2D eigenvalue weighted by Gasteiger charge is -2.16. The Morgan fingerprint density at radius 3 is 1.28 bits per heavy atom. The zero-order chi connectivity index (χ0) is 31.4. The second kappa shape index (κ2) is 10.7. The minimum atomic E-state index is 0.493. The van der Waals surface area contributed by atoms with E-state index in [1.165, 1.54) is 0 Å². The Bertz CT molecular complexity index is 2570. The number of fused-ring (bicyclic) bond motifs is 10. The first-order valence-electron chi connectivity index (χ1n) is 15.6. The van der Waals surface area contributed by atoms with Crippen LogP contribution in [0.25, 0.3) is 76.5 Å². The lowest BCUT2D eigenvalue weighted by atomic mass is 10.0. The number of rotatable bonds is 2. The highest BCUT2D eigenvalue weighted by Crippen LogP contribution is 2.41. The van der Waals surface area contributed by atoms with Gasteiger partial charge in [0.1, 0.15) is 11.6 Å². The van der Waals surface area contributed by atoms with Gasteiger partial charge in [0.15, 0.2) is 0 Å². The molecular weight excluding hydrogens is 560 g/mol. The van der Waals surface area contributed by atoms with Gasteiger partial charge in [-0.25, -0.2) is 0 Å². The fraction of sp³-hybridized carbons (Fsp3) is 0.0476. The molecule has 0 saturated carbocycles. The normalized spacial score (nSPS) is 11.2. The Morgan fingerprint density at radius 2 is 0.848 bits per heavy atom. The fourth-order valence-corrected chi connectivity index (χ4v) is 7.14. The molecule has 0 saturated heterocycles. The van der Waals surface area contributed by atoms with Crippen molar-refractivity contribution in [1.29, 1.82) is 10.5 Å². The third kappa shape index (κ3) is 3.78. The summed E-state index contributed by atoms with van der Waals surface area (Å²) in [7, 11) is 0. The molecule has 0 unspecified atom stereocenters. The molecule has 0 bridgehead atoms. The summed E-state index contributed by atoms with van der Waals surface area (Å²) < 4.78 is 4.31. The van der Waals surface area contributed by atoms with E-state index in [1.807, 2.05) is 38.1 Å². The third-order valence-corrected chi connectivity index (χ3v) is 8.94. The second-order valence-corrected chi connectivity index (χ2v) is 11.2. The van der Waals surface area contributed by atoms with E-state index in [-0.39, 0.29) is 0 Å². The van der Waals surface area contributed by atoms with Gasteiger partial charge in [-0.2, -0.15) is 10.5 Å². The summed E-state index contributed by atoms with van der Waals surface area (Å²) in [6.07, 6.45) is 0. The number of hydrogen-bond acceptors (Lipinski definition) is 2. The highest BCUT2D eigenvalue weighted by Gasteiger charge is 2.23. The molecule has 0 radical (unpaired) electrons. The van der Waals surface area contributed by atoms with E-state index >= 15 is 0 Å². The molecule has 0 aliphatic rings. The number of hydrogen-bond donors (Lipinski definition) is 0. The van der Waals surface area contributed by atoms with Crippen LogP contribution in [0, 0.1) is 22.7 Å². The van der Waals surface area contributed by atoms with E-state index in [1.54, 1.807) is 0 Å². The van der Waals surface area contributed by atoms with Crippen molar-refractivity contribution in [1.82, 2.24) is 9.13 Å². The summed E-state index contributed by atoms with van der Waals surface area (Å²) in [6.45, 7) is 4.00. The van der Waals surface area contributed by atoms with Crippen LogP contribution in [0.2, 0.25) is 0 Å². The first-order valence-corrected chi connectivity index (χ1v) is 15.6. The number of benzene rings is 7. The second-order valence-electron chi connectivity index (χ2n) is 11.2. The Labute approximate surface area is 266 Å². The van der Waals surface area contributed by atoms with Crippen LogP contribution in [0.15, 0.2) is 133 Å². The maximum atomic E-state index is 10.9. The van der Waals surface area contributed by atoms with E-state index < -0.39 is 0 Å². The number of para-hydroxylation sites is 2. The van der Waals surface area contributed by atoms with Crippen molar-refractivity contribution in [2.75, 3.05) is 0 Å². The topological polar surface area (TPSA) is 57.4 Å². The van der Waals surface area contributed by atoms with Crippen LogP contribution in [-0.4, -0.2) is 9.13 Å². The van der Waals surface area contributed by atoms with Gasteiger partial charge in [0.05, 0.1) is 45.1 Å². The predicted molar refractivity (Wildman–Crippen MR) is 191 cm³/mol. The predicted octanol–water partition coefficient (Wildman–Crippen LogP) is 11.0. The van der Waals surface area contributed by atoms with Gasteiger partial charge in [0, 0.05) is 21.5 Å². The summed E-state index contributed by atoms with van der Waals surface area (Å²) >= 11 is 0. The Kier molecular flexibility index (Phi) is 6.31. The van der Waals surface area contributed by atoms with Gasteiger partial charge in [-0.1, -0.05) is 111 Å². The van der Waals surface area contributed by atoms with Crippen molar-refractivity contribution in [3.05, 3.63) is 145 Å². The Morgan fingerprint density at radius 1 is 0.435 bits per heavy atom. The average Bonchev–Trinajstić information content (AvgIpc) is 3.65. The van der Waals surface area contributed by atoms with Crippen molar-refractivity contribution < 1.29 is 0 Å². The van der Waals surface area contributed by atoms with Crippen molar-refractivity contribution in [3.8, 4) is 23.5 Å². The molecule has 7 aromatic carbocycles. The summed E-state index contributed by atoms with van der Waals surface area (Å²) in [6, 6.07) is 50.6. The van der Waals surface area contributed by atoms with Gasteiger partial charge in [-0.15, -0.1) is 0 Å². The van der Waals surface area contributed by atoms with E-state index in [4.69, 9.17) is 0 Å². The van der Waals surface area contributed by atoms with E-state index in [0.717, 1.165) is 65.2 Å². The van der Waals surface area contributed by atoms with Crippen molar-refractivity contribution in [3.63, 3.8) is 0 Å². The first-order chi connectivity index (χ1) is 22.8. The smallest absolute Gasteiger partial charge is 0.104 e. The standard InChI is InChI=1S/C40H22N4.C2H6/c41-23-25-21-37(43-33-15-7-5-13-30(33)39-28-11-3-1-9-26(28)17-19-35(39)43)32(24-42)38(22-25)44-34-16-8-6-14-31(34)40-29-12-4-2-10-27(29)18-20-36(40)44;1-2/h1-22H;1-2H3. The number of aromatic nitrogens is 2. The van der Waals surface area contributed by atoms with Gasteiger partial charge in [0.2, 0.25) is 0 Å². The minimum Gasteiger partial charge on any atom is -0.308 e. The van der Waals surface area contributed by atoms with Crippen LogP contribution in [0.3, 0.4) is 0 Å². The largest absolute Gasteiger partial charge is 0.308 e. The Balaban J connectivity index is 0.00000153. The highest BCUT2D eigenvalue weighted by atomic mass is 15.0. The van der Waals surface area contributed by atoms with Crippen LogP contribution in [0.5, 0.6) is 0 Å². The maximum Gasteiger partial charge on any atom is 0.104 e. The zero-order valence-corrected chi connectivity index (χ0v) is 25.5. The molecule has 2 aromatic heterocycles. The third-order valence-electron chi connectivity index (χ3n) is 8.94. The molecule has 0 fully saturated rings. The van der Waals surface area contributed by atoms with Crippen LogP contribution in [0.1, 0.15) is 25.0 Å². The maximum absolute atomic E-state index is 10.9. The lowest BCUT2D eigenvalue weighted by Crippen LogP contribution is -2.05. The monoisotopic (exact) mass is 588 g/mol. The summed E-state index contributed by atoms with van der Waals surface area (Å²) in [5.74, 6) is 0. The SMILES string of the molecule is CC.N#Cc1cc(-n2c3ccccc3c3c4ccccc4ccc32)c(C#N)c(-n2c3ccccc3c3c4ccccc4ccc32)c1. The molecule has 0 spiro atoms. The van der Waals surface area contributed by atoms with Gasteiger partial charge >= 0.3 is 0 Å². The molecular formula is C42H28N4. The minimum absolute atomic E-state index is 0.493. The number of nitrogens with zero attached hydrogens (tertiary/aromatic N) is 4. The van der Waals surface area contributed by atoms with Crippen LogP contribution in [0.4, 0.5) is 0 Å². The molecule has 46 heavy (non-hydrogen) atoms. The van der Waals surface area contributed by atoms with E-state index in [2.05, 4.69) is 130 Å². The van der Waals surface area contributed by atoms with Crippen molar-refractivity contribution >= 4 is 65.2 Å².